The zero-order valence-electron chi connectivity index (χ0n) is 8.98. The standard InChI is InChI=1S/C11H10BN3O2/c13-7-9-1-3-10(4-2-9)8-15-6-5-11(14-15)12(16)17/h1-6,16-17H,8H2. The van der Waals surface area contributed by atoms with Crippen LogP contribution in [-0.2, 0) is 6.54 Å². The van der Waals surface area contributed by atoms with Gasteiger partial charge in [-0.3, -0.25) is 4.68 Å². The van der Waals surface area contributed by atoms with Gasteiger partial charge < -0.3 is 10.0 Å². The second-order valence-electron chi connectivity index (χ2n) is 3.62. The van der Waals surface area contributed by atoms with Crippen molar-refractivity contribution in [2.75, 3.05) is 0 Å². The van der Waals surface area contributed by atoms with Crippen molar-refractivity contribution in [2.24, 2.45) is 0 Å². The van der Waals surface area contributed by atoms with Gasteiger partial charge in [-0.05, 0) is 23.8 Å². The van der Waals surface area contributed by atoms with E-state index in [2.05, 4.69) is 5.10 Å². The summed E-state index contributed by atoms with van der Waals surface area (Å²) in [6, 6.07) is 10.8. The van der Waals surface area contributed by atoms with Gasteiger partial charge >= 0.3 is 7.12 Å². The first-order chi connectivity index (χ1) is 8.19. The minimum absolute atomic E-state index is 0.221. The number of aromatic nitrogens is 2. The van der Waals surface area contributed by atoms with Crippen molar-refractivity contribution >= 4 is 12.7 Å². The average Bonchev–Trinajstić information content (AvgIpc) is 2.79. The van der Waals surface area contributed by atoms with Gasteiger partial charge in [0.2, 0.25) is 0 Å². The lowest BCUT2D eigenvalue weighted by Gasteiger charge is -2.01. The monoisotopic (exact) mass is 227 g/mol. The Balaban J connectivity index is 2.11. The van der Waals surface area contributed by atoms with Crippen molar-refractivity contribution in [1.29, 1.82) is 5.26 Å². The van der Waals surface area contributed by atoms with Gasteiger partial charge in [-0.1, -0.05) is 12.1 Å². The molecule has 1 aromatic heterocycles. The molecule has 84 valence electrons. The molecule has 2 aromatic rings. The van der Waals surface area contributed by atoms with Gasteiger partial charge in [0.25, 0.3) is 0 Å². The molecular formula is C11H10BN3O2. The van der Waals surface area contributed by atoms with Crippen molar-refractivity contribution in [3.8, 4) is 6.07 Å². The zero-order chi connectivity index (χ0) is 12.3. The number of benzene rings is 1. The first-order valence-corrected chi connectivity index (χ1v) is 5.07. The molecule has 0 saturated carbocycles. The van der Waals surface area contributed by atoms with Gasteiger partial charge in [0, 0.05) is 6.20 Å². The molecule has 5 nitrogen and oxygen atoms in total. The van der Waals surface area contributed by atoms with Gasteiger partial charge in [-0.15, -0.1) is 0 Å². The molecule has 0 unspecified atom stereocenters. The molecular weight excluding hydrogens is 217 g/mol. The van der Waals surface area contributed by atoms with E-state index in [1.54, 1.807) is 29.1 Å². The molecule has 0 aliphatic heterocycles. The van der Waals surface area contributed by atoms with Crippen molar-refractivity contribution in [3.63, 3.8) is 0 Å². The zero-order valence-corrected chi connectivity index (χ0v) is 8.98. The molecule has 0 saturated heterocycles. The van der Waals surface area contributed by atoms with Crippen molar-refractivity contribution < 1.29 is 10.0 Å². The Kier molecular flexibility index (Phi) is 3.23. The lowest BCUT2D eigenvalue weighted by atomic mass is 9.87. The van der Waals surface area contributed by atoms with E-state index >= 15 is 0 Å². The highest BCUT2D eigenvalue weighted by Gasteiger charge is 2.14. The van der Waals surface area contributed by atoms with E-state index in [9.17, 15) is 0 Å². The van der Waals surface area contributed by atoms with E-state index in [0.717, 1.165) is 5.56 Å². The second kappa shape index (κ2) is 4.83. The summed E-state index contributed by atoms with van der Waals surface area (Å²) in [5.74, 6) is 0. The fraction of sp³-hybridized carbons (Fsp3) is 0.0909. The lowest BCUT2D eigenvalue weighted by molar-refractivity contribution is 0.423. The van der Waals surface area contributed by atoms with E-state index in [4.69, 9.17) is 15.3 Å². The maximum Gasteiger partial charge on any atom is 0.510 e. The molecule has 0 spiro atoms. The van der Waals surface area contributed by atoms with Crippen LogP contribution in [0.3, 0.4) is 0 Å². The first kappa shape index (κ1) is 11.4. The number of nitrogens with zero attached hydrogens (tertiary/aromatic N) is 3. The van der Waals surface area contributed by atoms with Crippen molar-refractivity contribution in [3.05, 3.63) is 47.7 Å². The quantitative estimate of drug-likeness (QED) is 0.691. The van der Waals surface area contributed by atoms with Crippen LogP contribution >= 0.6 is 0 Å². The number of rotatable bonds is 3. The maximum atomic E-state index is 8.92. The van der Waals surface area contributed by atoms with Gasteiger partial charge in [-0.2, -0.15) is 10.4 Å². The highest BCUT2D eigenvalue weighted by Crippen LogP contribution is 2.04. The Morgan fingerprint density at radius 2 is 1.94 bits per heavy atom. The summed E-state index contributed by atoms with van der Waals surface area (Å²) < 4.78 is 1.61. The van der Waals surface area contributed by atoms with Crippen LogP contribution in [0.4, 0.5) is 0 Å². The number of nitriles is 1. The smallest absolute Gasteiger partial charge is 0.422 e. The molecule has 1 aromatic carbocycles. The summed E-state index contributed by atoms with van der Waals surface area (Å²) in [5, 5.41) is 30.5. The third kappa shape index (κ3) is 2.72. The minimum Gasteiger partial charge on any atom is -0.422 e. The summed E-state index contributed by atoms with van der Waals surface area (Å²) in [5.41, 5.74) is 1.82. The van der Waals surface area contributed by atoms with Gasteiger partial charge in [0.1, 0.15) is 0 Å². The summed E-state index contributed by atoms with van der Waals surface area (Å²) >= 11 is 0. The molecule has 1 heterocycles. The average molecular weight is 227 g/mol. The Hall–Kier alpha value is -2.10. The fourth-order valence-corrected chi connectivity index (χ4v) is 1.47. The largest absolute Gasteiger partial charge is 0.510 e. The molecule has 0 fully saturated rings. The minimum atomic E-state index is -1.54. The second-order valence-corrected chi connectivity index (χ2v) is 3.62. The predicted molar refractivity (Wildman–Crippen MR) is 62.3 cm³/mol. The van der Waals surface area contributed by atoms with Crippen LogP contribution in [0.2, 0.25) is 0 Å². The molecule has 2 rings (SSSR count). The highest BCUT2D eigenvalue weighted by molar-refractivity contribution is 6.57. The third-order valence-corrected chi connectivity index (χ3v) is 2.35. The van der Waals surface area contributed by atoms with Gasteiger partial charge in [0.15, 0.2) is 0 Å². The Morgan fingerprint density at radius 1 is 1.24 bits per heavy atom. The van der Waals surface area contributed by atoms with Crippen LogP contribution in [0.5, 0.6) is 0 Å². The molecule has 0 bridgehead atoms. The van der Waals surface area contributed by atoms with Crippen LogP contribution < -0.4 is 5.59 Å². The van der Waals surface area contributed by atoms with E-state index in [1.807, 2.05) is 18.2 Å². The van der Waals surface area contributed by atoms with Crippen LogP contribution in [0, 0.1) is 11.3 Å². The normalized spacial score (nSPS) is 9.94. The molecule has 0 radical (unpaired) electrons. The molecule has 0 amide bonds. The molecule has 17 heavy (non-hydrogen) atoms. The molecule has 0 aliphatic carbocycles. The topological polar surface area (TPSA) is 82.1 Å². The summed E-state index contributed by atoms with van der Waals surface area (Å²) in [4.78, 5) is 0. The molecule has 0 atom stereocenters. The first-order valence-electron chi connectivity index (χ1n) is 5.07. The SMILES string of the molecule is N#Cc1ccc(Cn2ccc(B(O)O)n2)cc1. The lowest BCUT2D eigenvalue weighted by Crippen LogP contribution is -2.31. The van der Waals surface area contributed by atoms with Crippen LogP contribution in [0.25, 0.3) is 0 Å². The van der Waals surface area contributed by atoms with Gasteiger partial charge in [0.05, 0.1) is 23.8 Å². The van der Waals surface area contributed by atoms with Crippen molar-refractivity contribution in [1.82, 2.24) is 9.78 Å². The van der Waals surface area contributed by atoms with Crippen molar-refractivity contribution in [2.45, 2.75) is 6.54 Å². The summed E-state index contributed by atoms with van der Waals surface area (Å²) in [6.07, 6.45) is 1.67. The fourth-order valence-electron chi connectivity index (χ4n) is 1.47. The van der Waals surface area contributed by atoms with E-state index in [0.29, 0.717) is 12.1 Å². The third-order valence-electron chi connectivity index (χ3n) is 2.35. The Morgan fingerprint density at radius 3 is 2.47 bits per heavy atom. The van der Waals surface area contributed by atoms with E-state index in [1.165, 1.54) is 0 Å². The Bertz CT molecular complexity index is 543. The predicted octanol–water partition coefficient (Wildman–Crippen LogP) is -0.517. The van der Waals surface area contributed by atoms with Crippen LogP contribution in [0.15, 0.2) is 36.5 Å². The highest BCUT2D eigenvalue weighted by atomic mass is 16.4. The van der Waals surface area contributed by atoms with Crippen LogP contribution in [-0.4, -0.2) is 26.9 Å². The summed E-state index contributed by atoms with van der Waals surface area (Å²) in [7, 11) is -1.54. The van der Waals surface area contributed by atoms with Crippen LogP contribution in [0.1, 0.15) is 11.1 Å². The van der Waals surface area contributed by atoms with E-state index < -0.39 is 7.12 Å². The Labute approximate surface area is 98.7 Å². The number of hydrogen-bond donors (Lipinski definition) is 2. The molecule has 0 aliphatic rings. The summed E-state index contributed by atoms with van der Waals surface area (Å²) in [6.45, 7) is 0.526. The number of hydrogen-bond acceptors (Lipinski definition) is 4. The molecule has 2 N–H and O–H groups in total. The maximum absolute atomic E-state index is 8.92. The van der Waals surface area contributed by atoms with Gasteiger partial charge in [-0.25, -0.2) is 0 Å². The molecule has 6 heteroatoms. The van der Waals surface area contributed by atoms with E-state index in [-0.39, 0.29) is 5.59 Å².